The van der Waals surface area contributed by atoms with Crippen LogP contribution in [0.25, 0.3) is 0 Å². The molecule has 4 rings (SSSR count). The van der Waals surface area contributed by atoms with E-state index >= 15 is 0 Å². The van der Waals surface area contributed by atoms with E-state index in [0.717, 1.165) is 107 Å². The van der Waals surface area contributed by atoms with E-state index in [-0.39, 0.29) is 0 Å². The minimum Gasteiger partial charge on any atom is -0.0620 e. The molecule has 4 aliphatic rings. The summed E-state index contributed by atoms with van der Waals surface area (Å²) in [6.45, 7) is 31.3. The Kier molecular flexibility index (Phi) is 6.98. The molecule has 0 saturated heterocycles. The van der Waals surface area contributed by atoms with Crippen molar-refractivity contribution in [1.29, 1.82) is 0 Å². The fourth-order valence-electron chi connectivity index (χ4n) is 11.2. The van der Waals surface area contributed by atoms with Gasteiger partial charge in [-0.2, -0.15) is 0 Å². The van der Waals surface area contributed by atoms with Crippen molar-refractivity contribution in [3.63, 3.8) is 0 Å². The predicted molar refractivity (Wildman–Crippen MR) is 140 cm³/mol. The quantitative estimate of drug-likeness (QED) is 0.408. The van der Waals surface area contributed by atoms with Crippen LogP contribution in [0.1, 0.15) is 95.9 Å². The van der Waals surface area contributed by atoms with Gasteiger partial charge in [0.1, 0.15) is 0 Å². The summed E-state index contributed by atoms with van der Waals surface area (Å²) in [5.41, 5.74) is 0. The second-order valence-corrected chi connectivity index (χ2v) is 14.5. The molecule has 0 aliphatic heterocycles. The Balaban J connectivity index is 1.55. The largest absolute Gasteiger partial charge is 0.0620 e. The molecular weight excluding hydrogens is 384 g/mol. The molecule has 18 unspecified atom stereocenters. The molecule has 4 saturated carbocycles. The lowest BCUT2D eigenvalue weighted by molar-refractivity contribution is -0.0106. The van der Waals surface area contributed by atoms with Gasteiger partial charge in [-0.15, -0.1) is 0 Å². The maximum absolute atomic E-state index is 2.64. The molecule has 186 valence electrons. The maximum atomic E-state index is 2.64. The highest BCUT2D eigenvalue weighted by Gasteiger charge is 2.57. The summed E-state index contributed by atoms with van der Waals surface area (Å²) in [6.07, 6.45) is 3.03. The summed E-state index contributed by atoms with van der Waals surface area (Å²) in [6, 6.07) is 0. The van der Waals surface area contributed by atoms with Gasteiger partial charge in [-0.05, 0) is 119 Å². The van der Waals surface area contributed by atoms with E-state index in [1.165, 1.54) is 12.8 Å². The molecule has 0 amide bonds. The number of hydrogen-bond acceptors (Lipinski definition) is 0. The standard InChI is InChI=1S/C32H58/c1-15-17(3)23(9)31-27(19(5)25(11)29(31)21(15)7)13-14-28-20(6)26(12)30-22(8)16(2)18(4)24(10)32(28)30/h15-32H,13-14H2,1-12H3. The van der Waals surface area contributed by atoms with Gasteiger partial charge in [-0.3, -0.25) is 0 Å². The summed E-state index contributed by atoms with van der Waals surface area (Å²) in [5.74, 6) is 16.7. The van der Waals surface area contributed by atoms with Gasteiger partial charge < -0.3 is 0 Å². The van der Waals surface area contributed by atoms with Crippen LogP contribution in [0.4, 0.5) is 0 Å². The van der Waals surface area contributed by atoms with Gasteiger partial charge in [0.2, 0.25) is 0 Å². The van der Waals surface area contributed by atoms with Gasteiger partial charge in [0.25, 0.3) is 0 Å². The second kappa shape index (κ2) is 8.90. The average Bonchev–Trinajstić information content (AvgIpc) is 3.16. The van der Waals surface area contributed by atoms with Crippen LogP contribution < -0.4 is 0 Å². The van der Waals surface area contributed by atoms with Crippen molar-refractivity contribution in [3.05, 3.63) is 0 Å². The van der Waals surface area contributed by atoms with Gasteiger partial charge in [0.05, 0.1) is 0 Å². The first kappa shape index (κ1) is 25.1. The monoisotopic (exact) mass is 442 g/mol. The van der Waals surface area contributed by atoms with Crippen molar-refractivity contribution in [2.24, 2.45) is 107 Å². The lowest BCUT2D eigenvalue weighted by atomic mass is 9.56. The molecule has 0 aromatic rings. The normalized spacial score (nSPS) is 62.6. The minimum absolute atomic E-state index is 0.891. The molecule has 0 N–H and O–H groups in total. The Morgan fingerprint density at radius 1 is 0.250 bits per heavy atom. The summed E-state index contributed by atoms with van der Waals surface area (Å²) in [4.78, 5) is 0. The van der Waals surface area contributed by atoms with Crippen molar-refractivity contribution >= 4 is 0 Å². The van der Waals surface area contributed by atoms with E-state index in [0.29, 0.717) is 0 Å². The van der Waals surface area contributed by atoms with Gasteiger partial charge in [0.15, 0.2) is 0 Å². The van der Waals surface area contributed by atoms with Crippen molar-refractivity contribution < 1.29 is 0 Å². The first-order valence-corrected chi connectivity index (χ1v) is 14.9. The highest BCUT2D eigenvalue weighted by atomic mass is 14.6. The van der Waals surface area contributed by atoms with Crippen molar-refractivity contribution in [2.45, 2.75) is 95.9 Å². The molecule has 0 heteroatoms. The van der Waals surface area contributed by atoms with Crippen LogP contribution in [0.3, 0.4) is 0 Å². The lowest BCUT2D eigenvalue weighted by Crippen LogP contribution is -2.44. The van der Waals surface area contributed by atoms with E-state index in [9.17, 15) is 0 Å². The Hall–Kier alpha value is 0. The molecule has 4 fully saturated rings. The van der Waals surface area contributed by atoms with Crippen LogP contribution in [0.2, 0.25) is 0 Å². The van der Waals surface area contributed by atoms with E-state index in [2.05, 4.69) is 83.1 Å². The molecule has 0 heterocycles. The number of fused-ring (bicyclic) bond motifs is 2. The molecule has 32 heavy (non-hydrogen) atoms. The zero-order valence-electron chi connectivity index (χ0n) is 23.8. The van der Waals surface area contributed by atoms with Crippen molar-refractivity contribution in [3.8, 4) is 0 Å². The Morgan fingerprint density at radius 2 is 0.469 bits per heavy atom. The zero-order chi connectivity index (χ0) is 23.8. The molecule has 18 atom stereocenters. The first-order chi connectivity index (χ1) is 14.9. The molecule has 0 bridgehead atoms. The van der Waals surface area contributed by atoms with E-state index in [4.69, 9.17) is 0 Å². The minimum atomic E-state index is 0.891. The summed E-state index contributed by atoms with van der Waals surface area (Å²) in [5, 5.41) is 0. The van der Waals surface area contributed by atoms with Crippen LogP contribution >= 0.6 is 0 Å². The van der Waals surface area contributed by atoms with Crippen molar-refractivity contribution in [2.75, 3.05) is 0 Å². The third-order valence-electron chi connectivity index (χ3n) is 14.3. The topological polar surface area (TPSA) is 0 Å². The Bertz CT molecular complexity index is 594. The molecule has 0 aromatic heterocycles. The predicted octanol–water partition coefficient (Wildman–Crippen LogP) is 9.15. The van der Waals surface area contributed by atoms with Gasteiger partial charge in [-0.25, -0.2) is 0 Å². The summed E-state index contributed by atoms with van der Waals surface area (Å²) >= 11 is 0. The van der Waals surface area contributed by atoms with Crippen LogP contribution in [0.15, 0.2) is 0 Å². The van der Waals surface area contributed by atoms with Crippen molar-refractivity contribution in [1.82, 2.24) is 0 Å². The average molecular weight is 443 g/mol. The van der Waals surface area contributed by atoms with Crippen LogP contribution in [-0.4, -0.2) is 0 Å². The van der Waals surface area contributed by atoms with E-state index in [1.807, 2.05) is 0 Å². The zero-order valence-corrected chi connectivity index (χ0v) is 23.8. The molecule has 0 spiro atoms. The van der Waals surface area contributed by atoms with Gasteiger partial charge in [-0.1, -0.05) is 83.1 Å². The van der Waals surface area contributed by atoms with Crippen LogP contribution in [0, 0.1) is 107 Å². The highest BCUT2D eigenvalue weighted by molar-refractivity contribution is 5.05. The summed E-state index contributed by atoms with van der Waals surface area (Å²) in [7, 11) is 0. The molecule has 4 aliphatic carbocycles. The van der Waals surface area contributed by atoms with E-state index in [1.54, 1.807) is 0 Å². The summed E-state index contributed by atoms with van der Waals surface area (Å²) < 4.78 is 0. The smallest absolute Gasteiger partial charge is 0.0321 e. The first-order valence-electron chi connectivity index (χ1n) is 14.9. The second-order valence-electron chi connectivity index (χ2n) is 14.5. The highest BCUT2D eigenvalue weighted by Crippen LogP contribution is 2.63. The fraction of sp³-hybridized carbons (Fsp3) is 1.00. The third kappa shape index (κ3) is 3.49. The van der Waals surface area contributed by atoms with Gasteiger partial charge >= 0.3 is 0 Å². The van der Waals surface area contributed by atoms with Gasteiger partial charge in [0, 0.05) is 0 Å². The Labute approximate surface area is 202 Å². The van der Waals surface area contributed by atoms with Crippen LogP contribution in [-0.2, 0) is 0 Å². The lowest BCUT2D eigenvalue weighted by Gasteiger charge is -2.49. The number of rotatable bonds is 3. The molecule has 0 aromatic carbocycles. The van der Waals surface area contributed by atoms with Crippen LogP contribution in [0.5, 0.6) is 0 Å². The third-order valence-corrected chi connectivity index (χ3v) is 14.3. The Morgan fingerprint density at radius 3 is 0.750 bits per heavy atom. The van der Waals surface area contributed by atoms with E-state index < -0.39 is 0 Å². The fourth-order valence-corrected chi connectivity index (χ4v) is 11.2. The molecule has 0 nitrogen and oxygen atoms in total. The number of hydrogen-bond donors (Lipinski definition) is 0. The molecular formula is C32H58. The molecule has 0 radical (unpaired) electrons. The SMILES string of the molecule is CC1C(C)C(C)C2C(CCC3C(C)C(C)C4C(C)C(C)C(C)C(C)C34)C(C)C(C)C2C1C. The maximum Gasteiger partial charge on any atom is -0.0321 e.